The lowest BCUT2D eigenvalue weighted by molar-refractivity contribution is -0.129. The second-order valence-corrected chi connectivity index (χ2v) is 9.61. The number of hydrogen-bond donors (Lipinski definition) is 0. The number of amides is 1. The molecule has 34 heavy (non-hydrogen) atoms. The van der Waals surface area contributed by atoms with Gasteiger partial charge in [0.2, 0.25) is 5.91 Å². The summed E-state index contributed by atoms with van der Waals surface area (Å²) in [7, 11) is 0. The summed E-state index contributed by atoms with van der Waals surface area (Å²) in [6.07, 6.45) is 3.94. The zero-order chi connectivity index (χ0) is 23.1. The maximum absolute atomic E-state index is 13.0. The summed E-state index contributed by atoms with van der Waals surface area (Å²) < 4.78 is 13.2. The average molecular weight is 474 g/mol. The average Bonchev–Trinajstić information content (AvgIpc) is 3.61. The van der Waals surface area contributed by atoms with Gasteiger partial charge in [0.05, 0.1) is 23.1 Å². The van der Waals surface area contributed by atoms with Gasteiger partial charge in [-0.2, -0.15) is 5.10 Å². The van der Waals surface area contributed by atoms with Gasteiger partial charge < -0.3 is 14.1 Å². The molecule has 2 aliphatic heterocycles. The number of ether oxygens (including phenoxy) is 1. The second kappa shape index (κ2) is 8.77. The zero-order valence-electron chi connectivity index (χ0n) is 18.4. The van der Waals surface area contributed by atoms with E-state index in [-0.39, 0.29) is 17.4 Å². The molecule has 7 nitrogen and oxygen atoms in total. The fourth-order valence-electron chi connectivity index (χ4n) is 4.63. The van der Waals surface area contributed by atoms with Gasteiger partial charge in [0.1, 0.15) is 16.7 Å². The molecule has 0 bridgehead atoms. The highest BCUT2D eigenvalue weighted by molar-refractivity contribution is 8.00. The van der Waals surface area contributed by atoms with Gasteiger partial charge in [0.15, 0.2) is 0 Å². The van der Waals surface area contributed by atoms with Crippen molar-refractivity contribution in [3.63, 3.8) is 0 Å². The quantitative estimate of drug-likeness (QED) is 0.400. The first-order chi connectivity index (χ1) is 16.7. The number of para-hydroxylation sites is 2. The lowest BCUT2D eigenvalue weighted by Gasteiger charge is -2.26. The maximum atomic E-state index is 13.0. The van der Waals surface area contributed by atoms with Crippen LogP contribution in [0.25, 0.3) is 27.9 Å². The predicted molar refractivity (Wildman–Crippen MR) is 131 cm³/mol. The van der Waals surface area contributed by atoms with Crippen molar-refractivity contribution in [1.82, 2.24) is 14.7 Å². The summed E-state index contributed by atoms with van der Waals surface area (Å²) in [6.45, 7) is 1.28. The van der Waals surface area contributed by atoms with Crippen LogP contribution in [0.15, 0.2) is 76.1 Å². The fraction of sp³-hybridized carbons (Fsp3) is 0.269. The lowest BCUT2D eigenvalue weighted by Crippen LogP contribution is -2.35. The molecule has 0 radical (unpaired) electrons. The molecule has 2 saturated heterocycles. The van der Waals surface area contributed by atoms with Gasteiger partial charge in [0.25, 0.3) is 0 Å². The number of benzene rings is 2. The second-order valence-electron chi connectivity index (χ2n) is 8.54. The SMILES string of the molecule is O=C1CS[C@H](c2cn(-c3ccccc3)nc2-c2cc3ccccc3oc2=O)N1C[C@@H]1CCCO1. The molecule has 2 aliphatic rings. The van der Waals surface area contributed by atoms with Crippen LogP contribution in [0, 0.1) is 0 Å². The van der Waals surface area contributed by atoms with Crippen LogP contribution >= 0.6 is 11.8 Å². The highest BCUT2D eigenvalue weighted by atomic mass is 32.2. The molecular weight excluding hydrogens is 450 g/mol. The first-order valence-electron chi connectivity index (χ1n) is 11.4. The first kappa shape index (κ1) is 21.2. The molecule has 0 spiro atoms. The Hall–Kier alpha value is -3.36. The summed E-state index contributed by atoms with van der Waals surface area (Å²) in [5.74, 6) is 0.467. The molecule has 2 aromatic carbocycles. The number of carbonyl (C=O) groups is 1. The van der Waals surface area contributed by atoms with Crippen LogP contribution in [0.4, 0.5) is 0 Å². The number of thioether (sulfide) groups is 1. The smallest absolute Gasteiger partial charge is 0.345 e. The molecule has 2 fully saturated rings. The Balaban J connectivity index is 1.49. The molecule has 172 valence electrons. The molecule has 6 rings (SSSR count). The third-order valence-corrected chi connectivity index (χ3v) is 7.56. The predicted octanol–water partition coefficient (Wildman–Crippen LogP) is 4.40. The van der Waals surface area contributed by atoms with E-state index in [2.05, 4.69) is 0 Å². The van der Waals surface area contributed by atoms with Crippen LogP contribution in [0.5, 0.6) is 0 Å². The van der Waals surface area contributed by atoms with E-state index in [0.29, 0.717) is 29.1 Å². The monoisotopic (exact) mass is 473 g/mol. The minimum atomic E-state index is -0.446. The minimum absolute atomic E-state index is 0.0449. The molecule has 2 aromatic heterocycles. The van der Waals surface area contributed by atoms with E-state index in [0.717, 1.165) is 36.1 Å². The molecular formula is C26H23N3O4S. The summed E-state index contributed by atoms with van der Waals surface area (Å²) in [4.78, 5) is 27.8. The molecule has 1 amide bonds. The Bertz CT molecular complexity index is 1410. The van der Waals surface area contributed by atoms with Gasteiger partial charge in [-0.1, -0.05) is 36.4 Å². The summed E-state index contributed by atoms with van der Waals surface area (Å²) in [5.41, 5.74) is 2.71. The first-order valence-corrected chi connectivity index (χ1v) is 12.4. The Kier molecular flexibility index (Phi) is 5.47. The third kappa shape index (κ3) is 3.82. The van der Waals surface area contributed by atoms with E-state index in [1.165, 1.54) is 0 Å². The Morgan fingerprint density at radius 3 is 2.71 bits per heavy atom. The highest BCUT2D eigenvalue weighted by Crippen LogP contribution is 2.43. The van der Waals surface area contributed by atoms with Crippen molar-refractivity contribution in [1.29, 1.82) is 0 Å². The number of rotatable bonds is 5. The van der Waals surface area contributed by atoms with Crippen LogP contribution in [-0.2, 0) is 9.53 Å². The standard InChI is InChI=1S/C26H23N3O4S/c30-23-16-34-25(28(23)14-19-10-6-12-32-19)21-15-29(18-8-2-1-3-9-18)27-24(21)20-13-17-7-4-5-11-22(17)33-26(20)31/h1-5,7-9,11,13,15,19,25H,6,10,12,14,16H2/t19-,25+/m0/s1. The van der Waals surface area contributed by atoms with Crippen molar-refractivity contribution >= 4 is 28.6 Å². The molecule has 4 heterocycles. The van der Waals surface area contributed by atoms with Crippen molar-refractivity contribution in [2.45, 2.75) is 24.3 Å². The summed E-state index contributed by atoms with van der Waals surface area (Å²) >= 11 is 1.56. The van der Waals surface area contributed by atoms with Gasteiger partial charge in [0, 0.05) is 30.3 Å². The molecule has 0 saturated carbocycles. The highest BCUT2D eigenvalue weighted by Gasteiger charge is 2.38. The largest absolute Gasteiger partial charge is 0.422 e. The Morgan fingerprint density at radius 1 is 1.06 bits per heavy atom. The van der Waals surface area contributed by atoms with Crippen LogP contribution < -0.4 is 5.63 Å². The van der Waals surface area contributed by atoms with Gasteiger partial charge in [-0.3, -0.25) is 4.79 Å². The van der Waals surface area contributed by atoms with E-state index < -0.39 is 5.63 Å². The third-order valence-electron chi connectivity index (χ3n) is 6.32. The number of aromatic nitrogens is 2. The van der Waals surface area contributed by atoms with Crippen molar-refractivity contribution < 1.29 is 13.9 Å². The molecule has 2 atom stereocenters. The van der Waals surface area contributed by atoms with E-state index in [9.17, 15) is 9.59 Å². The fourth-order valence-corrected chi connectivity index (χ4v) is 5.84. The Labute approximate surface area is 200 Å². The maximum Gasteiger partial charge on any atom is 0.345 e. The number of fused-ring (bicyclic) bond motifs is 1. The van der Waals surface area contributed by atoms with E-state index in [1.54, 1.807) is 22.5 Å². The summed E-state index contributed by atoms with van der Waals surface area (Å²) in [5, 5.41) is 5.40. The van der Waals surface area contributed by atoms with Crippen molar-refractivity contribution in [2.24, 2.45) is 0 Å². The van der Waals surface area contributed by atoms with E-state index in [1.807, 2.05) is 65.7 Å². The molecule has 4 aromatic rings. The zero-order valence-corrected chi connectivity index (χ0v) is 19.2. The van der Waals surface area contributed by atoms with Crippen LogP contribution in [0.3, 0.4) is 0 Å². The van der Waals surface area contributed by atoms with E-state index >= 15 is 0 Å². The minimum Gasteiger partial charge on any atom is -0.422 e. The lowest BCUT2D eigenvalue weighted by atomic mass is 10.1. The van der Waals surface area contributed by atoms with Crippen molar-refractivity contribution in [2.75, 3.05) is 18.9 Å². The number of hydrogen-bond acceptors (Lipinski definition) is 6. The topological polar surface area (TPSA) is 77.6 Å². The van der Waals surface area contributed by atoms with Crippen LogP contribution in [0.1, 0.15) is 23.8 Å². The molecule has 8 heteroatoms. The van der Waals surface area contributed by atoms with Crippen molar-refractivity contribution in [3.05, 3.63) is 82.8 Å². The van der Waals surface area contributed by atoms with E-state index in [4.69, 9.17) is 14.3 Å². The van der Waals surface area contributed by atoms with Crippen molar-refractivity contribution in [3.8, 4) is 16.9 Å². The molecule has 0 aliphatic carbocycles. The van der Waals surface area contributed by atoms with Crippen LogP contribution in [-0.4, -0.2) is 45.6 Å². The van der Waals surface area contributed by atoms with Gasteiger partial charge in [-0.25, -0.2) is 9.48 Å². The van der Waals surface area contributed by atoms with Gasteiger partial charge >= 0.3 is 5.63 Å². The Morgan fingerprint density at radius 2 is 1.88 bits per heavy atom. The molecule has 0 unspecified atom stereocenters. The van der Waals surface area contributed by atoms with Gasteiger partial charge in [-0.15, -0.1) is 11.8 Å². The normalized spacial score (nSPS) is 20.5. The van der Waals surface area contributed by atoms with Crippen LogP contribution in [0.2, 0.25) is 0 Å². The number of carbonyl (C=O) groups excluding carboxylic acids is 1. The number of nitrogens with zero attached hydrogens (tertiary/aromatic N) is 3. The summed E-state index contributed by atoms with van der Waals surface area (Å²) in [6, 6.07) is 19.0. The molecule has 0 N–H and O–H groups in total. The van der Waals surface area contributed by atoms with Gasteiger partial charge in [-0.05, 0) is 37.1 Å².